The molecule has 2 N–H and O–H groups in total. The number of rotatable bonds is 9. The van der Waals surface area contributed by atoms with Gasteiger partial charge in [0, 0.05) is 23.9 Å². The lowest BCUT2D eigenvalue weighted by molar-refractivity contribution is -0.122. The van der Waals surface area contributed by atoms with Gasteiger partial charge < -0.3 is 19.6 Å². The summed E-state index contributed by atoms with van der Waals surface area (Å²) < 4.78 is 10.9. The molecule has 1 heterocycles. The largest absolute Gasteiger partial charge is 0.496 e. The van der Waals surface area contributed by atoms with Gasteiger partial charge in [0.05, 0.1) is 19.8 Å². The second kappa shape index (κ2) is 10.3. The normalized spacial score (nSPS) is 13.0. The molecule has 2 aromatic carbocycles. The SMILES string of the molecule is CC[C@H](C)[C@H](CO)NC(=O)CCc1cc2c(-c3ccccc3)cc(=O)oc2cc1OC. The number of hydrogen-bond donors (Lipinski definition) is 2. The molecule has 164 valence electrons. The Kier molecular flexibility index (Phi) is 7.47. The van der Waals surface area contributed by atoms with Crippen LogP contribution in [0.5, 0.6) is 5.75 Å². The molecule has 0 bridgehead atoms. The van der Waals surface area contributed by atoms with Crippen molar-refractivity contribution in [3.63, 3.8) is 0 Å². The number of benzene rings is 2. The molecule has 1 amide bonds. The Balaban J connectivity index is 1.91. The number of aryl methyl sites for hydroxylation is 1. The summed E-state index contributed by atoms with van der Waals surface area (Å²) in [5, 5.41) is 13.3. The van der Waals surface area contributed by atoms with Crippen LogP contribution in [0.15, 0.2) is 57.7 Å². The first-order chi connectivity index (χ1) is 15.0. The van der Waals surface area contributed by atoms with E-state index in [1.165, 1.54) is 6.07 Å². The van der Waals surface area contributed by atoms with Gasteiger partial charge >= 0.3 is 5.63 Å². The van der Waals surface area contributed by atoms with Gasteiger partial charge in [-0.2, -0.15) is 0 Å². The minimum absolute atomic E-state index is 0.0838. The molecular weight excluding hydrogens is 394 g/mol. The van der Waals surface area contributed by atoms with Gasteiger partial charge in [-0.05, 0) is 35.1 Å². The molecule has 0 spiro atoms. The molecule has 6 nitrogen and oxygen atoms in total. The van der Waals surface area contributed by atoms with Gasteiger partial charge in [-0.25, -0.2) is 4.79 Å². The third-order valence-electron chi connectivity index (χ3n) is 5.73. The quantitative estimate of drug-likeness (QED) is 0.509. The van der Waals surface area contributed by atoms with E-state index in [4.69, 9.17) is 9.15 Å². The van der Waals surface area contributed by atoms with E-state index in [-0.39, 0.29) is 30.9 Å². The molecule has 6 heteroatoms. The third kappa shape index (κ3) is 5.33. The molecule has 3 aromatic rings. The number of fused-ring (bicyclic) bond motifs is 1. The molecular formula is C25H29NO5. The van der Waals surface area contributed by atoms with Crippen molar-refractivity contribution >= 4 is 16.9 Å². The lowest BCUT2D eigenvalue weighted by atomic mass is 9.98. The summed E-state index contributed by atoms with van der Waals surface area (Å²) in [6.07, 6.45) is 1.58. The Bertz CT molecular complexity index is 1090. The second-order valence-corrected chi connectivity index (χ2v) is 7.75. The highest BCUT2D eigenvalue weighted by atomic mass is 16.5. The van der Waals surface area contributed by atoms with E-state index in [1.807, 2.05) is 50.2 Å². The van der Waals surface area contributed by atoms with E-state index >= 15 is 0 Å². The van der Waals surface area contributed by atoms with E-state index in [0.717, 1.165) is 28.5 Å². The lowest BCUT2D eigenvalue weighted by Gasteiger charge is -2.22. The number of nitrogens with one attached hydrogen (secondary N) is 1. The number of methoxy groups -OCH3 is 1. The maximum Gasteiger partial charge on any atom is 0.336 e. The number of carbonyl (C=O) groups excluding carboxylic acids is 1. The summed E-state index contributed by atoms with van der Waals surface area (Å²) in [5.41, 5.74) is 2.54. The lowest BCUT2D eigenvalue weighted by Crippen LogP contribution is -2.41. The molecule has 31 heavy (non-hydrogen) atoms. The third-order valence-corrected chi connectivity index (χ3v) is 5.73. The number of aliphatic hydroxyl groups is 1. The van der Waals surface area contributed by atoms with E-state index in [9.17, 15) is 14.7 Å². The van der Waals surface area contributed by atoms with E-state index < -0.39 is 5.63 Å². The number of aliphatic hydroxyl groups excluding tert-OH is 1. The van der Waals surface area contributed by atoms with E-state index in [1.54, 1.807) is 13.2 Å². The molecule has 1 aromatic heterocycles. The minimum atomic E-state index is -0.430. The first-order valence-electron chi connectivity index (χ1n) is 10.6. The van der Waals surface area contributed by atoms with Crippen LogP contribution in [0.1, 0.15) is 32.3 Å². The Labute approximate surface area is 181 Å². The zero-order chi connectivity index (χ0) is 22.4. The van der Waals surface area contributed by atoms with Gasteiger partial charge in [0.25, 0.3) is 0 Å². The van der Waals surface area contributed by atoms with Gasteiger partial charge in [-0.1, -0.05) is 50.6 Å². The van der Waals surface area contributed by atoms with Gasteiger partial charge in [-0.15, -0.1) is 0 Å². The molecule has 0 saturated heterocycles. The number of hydrogen-bond acceptors (Lipinski definition) is 5. The summed E-state index contributed by atoms with van der Waals surface area (Å²) >= 11 is 0. The zero-order valence-corrected chi connectivity index (χ0v) is 18.2. The van der Waals surface area contributed by atoms with Crippen LogP contribution in [0.25, 0.3) is 22.1 Å². The average Bonchev–Trinajstić information content (AvgIpc) is 2.80. The summed E-state index contributed by atoms with van der Waals surface area (Å²) in [6, 6.07) is 14.5. The Morgan fingerprint density at radius 3 is 2.58 bits per heavy atom. The Morgan fingerprint density at radius 2 is 1.94 bits per heavy atom. The van der Waals surface area contributed by atoms with Gasteiger partial charge in [0.2, 0.25) is 5.91 Å². The maximum atomic E-state index is 12.5. The average molecular weight is 424 g/mol. The van der Waals surface area contributed by atoms with Crippen LogP contribution in [0, 0.1) is 5.92 Å². The number of amides is 1. The molecule has 2 atom stereocenters. The fourth-order valence-electron chi connectivity index (χ4n) is 3.66. The molecule has 0 aliphatic heterocycles. The maximum absolute atomic E-state index is 12.5. The number of carbonyl (C=O) groups is 1. The van der Waals surface area contributed by atoms with E-state index in [2.05, 4.69) is 5.32 Å². The van der Waals surface area contributed by atoms with Gasteiger partial charge in [0.1, 0.15) is 11.3 Å². The van der Waals surface area contributed by atoms with Crippen LogP contribution < -0.4 is 15.7 Å². The van der Waals surface area contributed by atoms with Crippen molar-refractivity contribution in [3.8, 4) is 16.9 Å². The van der Waals surface area contributed by atoms with Gasteiger partial charge in [-0.3, -0.25) is 4.79 Å². The van der Waals surface area contributed by atoms with Crippen LogP contribution in [0.3, 0.4) is 0 Å². The fourth-order valence-corrected chi connectivity index (χ4v) is 3.66. The highest BCUT2D eigenvalue weighted by Crippen LogP contribution is 2.32. The van der Waals surface area contributed by atoms with Crippen molar-refractivity contribution in [2.24, 2.45) is 5.92 Å². The van der Waals surface area contributed by atoms with Crippen molar-refractivity contribution in [3.05, 3.63) is 64.5 Å². The highest BCUT2D eigenvalue weighted by Gasteiger charge is 2.18. The predicted octanol–water partition coefficient (Wildman–Crippen LogP) is 3.92. The minimum Gasteiger partial charge on any atom is -0.496 e. The van der Waals surface area contributed by atoms with Gasteiger partial charge in [0.15, 0.2) is 0 Å². The molecule has 0 aliphatic rings. The number of ether oxygens (including phenoxy) is 1. The van der Waals surface area contributed by atoms with Crippen LogP contribution in [-0.4, -0.2) is 30.8 Å². The summed E-state index contributed by atoms with van der Waals surface area (Å²) in [7, 11) is 1.55. The summed E-state index contributed by atoms with van der Waals surface area (Å²) in [6.45, 7) is 3.95. The smallest absolute Gasteiger partial charge is 0.336 e. The Hall–Kier alpha value is -3.12. The predicted molar refractivity (Wildman–Crippen MR) is 121 cm³/mol. The molecule has 0 saturated carbocycles. The van der Waals surface area contributed by atoms with Crippen LogP contribution in [0.4, 0.5) is 0 Å². The van der Waals surface area contributed by atoms with Crippen molar-refractivity contribution in [2.45, 2.75) is 39.2 Å². The van der Waals surface area contributed by atoms with Crippen molar-refractivity contribution in [2.75, 3.05) is 13.7 Å². The van der Waals surface area contributed by atoms with Crippen LogP contribution >= 0.6 is 0 Å². The molecule has 0 unspecified atom stereocenters. The van der Waals surface area contributed by atoms with E-state index in [0.29, 0.717) is 17.8 Å². The van der Waals surface area contributed by atoms with Crippen LogP contribution in [-0.2, 0) is 11.2 Å². The summed E-state index contributed by atoms with van der Waals surface area (Å²) in [5.74, 6) is 0.638. The van der Waals surface area contributed by atoms with Crippen LogP contribution in [0.2, 0.25) is 0 Å². The zero-order valence-electron chi connectivity index (χ0n) is 18.2. The Morgan fingerprint density at radius 1 is 1.19 bits per heavy atom. The first-order valence-corrected chi connectivity index (χ1v) is 10.6. The van der Waals surface area contributed by atoms with Crippen molar-refractivity contribution in [1.82, 2.24) is 5.32 Å². The second-order valence-electron chi connectivity index (χ2n) is 7.75. The van der Waals surface area contributed by atoms with Crippen molar-refractivity contribution in [1.29, 1.82) is 0 Å². The van der Waals surface area contributed by atoms with Crippen molar-refractivity contribution < 1.29 is 19.1 Å². The molecule has 0 radical (unpaired) electrons. The summed E-state index contributed by atoms with van der Waals surface area (Å²) in [4.78, 5) is 24.6. The fraction of sp³-hybridized carbons (Fsp3) is 0.360. The molecule has 3 rings (SSSR count). The molecule has 0 aliphatic carbocycles. The monoisotopic (exact) mass is 423 g/mol. The standard InChI is InChI=1S/C25H29NO5/c1-4-16(2)21(15-27)26-24(28)11-10-18-12-20-19(17-8-6-5-7-9-17)13-25(29)31-23(20)14-22(18)30-3/h5-9,12-14,16,21,27H,4,10-11,15H2,1-3H3,(H,26,28)/t16-,21-/m0/s1. The topological polar surface area (TPSA) is 88.8 Å². The molecule has 0 fully saturated rings. The first kappa shape index (κ1) is 22.6. The highest BCUT2D eigenvalue weighted by molar-refractivity contribution is 5.94.